The Labute approximate surface area is 152 Å². The Morgan fingerprint density at radius 1 is 0.708 bits per heavy atom. The number of hydrogen-bond donors (Lipinski definition) is 0. The first-order chi connectivity index (χ1) is 11.8. The second-order valence-electron chi connectivity index (χ2n) is 7.18. The zero-order valence-corrected chi connectivity index (χ0v) is 16.4. The molecule has 24 heavy (non-hydrogen) atoms. The second-order valence-corrected chi connectivity index (χ2v) is 7.18. The third kappa shape index (κ3) is 19.5. The van der Waals surface area contributed by atoms with Gasteiger partial charge in [-0.05, 0) is 26.2 Å². The van der Waals surface area contributed by atoms with Gasteiger partial charge in [-0.3, -0.25) is 0 Å². The van der Waals surface area contributed by atoms with Crippen LogP contribution in [0.2, 0.25) is 0 Å². The summed E-state index contributed by atoms with van der Waals surface area (Å²) in [5.74, 6) is -0.0744. The lowest BCUT2D eigenvalue weighted by Crippen LogP contribution is -1.99. The molecule has 0 saturated heterocycles. The van der Waals surface area contributed by atoms with Crippen molar-refractivity contribution in [1.82, 2.24) is 0 Å². The summed E-state index contributed by atoms with van der Waals surface area (Å²) < 4.78 is 5.60. The third-order valence-corrected chi connectivity index (χ3v) is 4.67. The molecule has 0 aromatic carbocycles. The predicted molar refractivity (Wildman–Crippen MR) is 105 cm³/mol. The van der Waals surface area contributed by atoms with E-state index in [0.717, 1.165) is 26.1 Å². The molecule has 2 heteroatoms. The molecule has 141 valence electrons. The highest BCUT2D eigenvalue weighted by Gasteiger charge is 1.99. The minimum Gasteiger partial charge on any atom is -0.381 e. The molecule has 0 heterocycles. The normalized spacial score (nSPS) is 12.2. The topological polar surface area (TPSA) is 33.0 Å². The van der Waals surface area contributed by atoms with Gasteiger partial charge in [-0.1, -0.05) is 90.4 Å². The van der Waals surface area contributed by atoms with Crippen molar-refractivity contribution in [2.45, 2.75) is 110 Å². The van der Waals surface area contributed by atoms with Crippen molar-refractivity contribution >= 4 is 0 Å². The average molecular weight is 337 g/mol. The Kier molecular flexibility index (Phi) is 20.0. The number of nitrogens with zero attached hydrogens (tertiary/aromatic N) is 1. The fourth-order valence-electron chi connectivity index (χ4n) is 3.00. The van der Waals surface area contributed by atoms with Gasteiger partial charge in [-0.2, -0.15) is 5.26 Å². The van der Waals surface area contributed by atoms with Crippen LogP contribution in [0.3, 0.4) is 0 Å². The van der Waals surface area contributed by atoms with Gasteiger partial charge in [0, 0.05) is 19.1 Å². The Bertz CT molecular complexity index is 272. The van der Waals surface area contributed by atoms with Crippen LogP contribution in [0.15, 0.2) is 0 Å². The first kappa shape index (κ1) is 23.4. The van der Waals surface area contributed by atoms with E-state index in [4.69, 9.17) is 10.00 Å². The molecule has 0 rings (SSSR count). The number of nitriles is 1. The monoisotopic (exact) mass is 336 g/mol. The Morgan fingerprint density at radius 2 is 1.12 bits per heavy atom. The quantitative estimate of drug-likeness (QED) is 0.233. The van der Waals surface area contributed by atoms with Crippen LogP contribution in [0.4, 0.5) is 0 Å². The Balaban J connectivity index is 2.99. The van der Waals surface area contributed by atoms with E-state index in [1.54, 1.807) is 0 Å². The van der Waals surface area contributed by atoms with Gasteiger partial charge >= 0.3 is 0 Å². The van der Waals surface area contributed by atoms with Crippen LogP contribution in [-0.4, -0.2) is 13.2 Å². The molecule has 0 spiro atoms. The lowest BCUT2D eigenvalue weighted by atomic mass is 10.0. The zero-order valence-electron chi connectivity index (χ0n) is 16.4. The van der Waals surface area contributed by atoms with Gasteiger partial charge in [-0.15, -0.1) is 0 Å². The summed E-state index contributed by atoms with van der Waals surface area (Å²) in [4.78, 5) is 0. The smallest absolute Gasteiger partial charge is 0.0655 e. The molecule has 1 atom stereocenters. The van der Waals surface area contributed by atoms with Crippen LogP contribution in [0.1, 0.15) is 110 Å². The fourth-order valence-corrected chi connectivity index (χ4v) is 3.00. The van der Waals surface area contributed by atoms with Gasteiger partial charge in [0.2, 0.25) is 0 Å². The molecule has 0 N–H and O–H groups in total. The van der Waals surface area contributed by atoms with Crippen molar-refractivity contribution in [3.05, 3.63) is 6.92 Å². The van der Waals surface area contributed by atoms with Gasteiger partial charge in [0.1, 0.15) is 0 Å². The highest BCUT2D eigenvalue weighted by molar-refractivity contribution is 4.83. The maximum Gasteiger partial charge on any atom is 0.0655 e. The van der Waals surface area contributed by atoms with E-state index in [0.29, 0.717) is 0 Å². The largest absolute Gasteiger partial charge is 0.381 e. The van der Waals surface area contributed by atoms with Gasteiger partial charge in [-0.25, -0.2) is 0 Å². The predicted octanol–water partition coefficient (Wildman–Crippen LogP) is 7.24. The number of unbranched alkanes of at least 4 members (excludes halogenated alkanes) is 13. The summed E-state index contributed by atoms with van der Waals surface area (Å²) >= 11 is 0. The van der Waals surface area contributed by atoms with E-state index >= 15 is 0 Å². The fraction of sp³-hybridized carbons (Fsp3) is 0.909. The molecule has 0 saturated carbocycles. The molecule has 0 fully saturated rings. The van der Waals surface area contributed by atoms with Crippen molar-refractivity contribution < 1.29 is 4.74 Å². The van der Waals surface area contributed by atoms with Crippen LogP contribution < -0.4 is 0 Å². The number of hydrogen-bond acceptors (Lipinski definition) is 2. The van der Waals surface area contributed by atoms with Crippen LogP contribution in [0.5, 0.6) is 0 Å². The molecule has 0 bridgehead atoms. The van der Waals surface area contributed by atoms with Crippen molar-refractivity contribution in [1.29, 1.82) is 5.26 Å². The zero-order chi connectivity index (χ0) is 17.7. The SMILES string of the molecule is [CH2]C(C#N)CCCOCCCCCCCCCCCCCCCC. The van der Waals surface area contributed by atoms with Crippen LogP contribution in [0, 0.1) is 24.2 Å². The standard InChI is InChI=1S/C22H42NO/c1-3-4-5-6-7-8-9-10-11-12-13-14-15-16-19-24-20-17-18-22(2)21-23/h22H,2-20H2,1H3. The minimum absolute atomic E-state index is 0.0744. The molecule has 0 aromatic rings. The molecule has 1 unspecified atom stereocenters. The molecule has 0 aliphatic rings. The summed E-state index contributed by atoms with van der Waals surface area (Å²) in [5.41, 5.74) is 0. The summed E-state index contributed by atoms with van der Waals surface area (Å²) in [5, 5.41) is 8.62. The summed E-state index contributed by atoms with van der Waals surface area (Å²) in [6.45, 7) is 7.70. The van der Waals surface area contributed by atoms with Crippen molar-refractivity contribution in [2.75, 3.05) is 13.2 Å². The molecule has 2 nitrogen and oxygen atoms in total. The van der Waals surface area contributed by atoms with Crippen LogP contribution in [0.25, 0.3) is 0 Å². The van der Waals surface area contributed by atoms with E-state index in [2.05, 4.69) is 19.9 Å². The van der Waals surface area contributed by atoms with Crippen molar-refractivity contribution in [3.8, 4) is 6.07 Å². The third-order valence-electron chi connectivity index (χ3n) is 4.67. The van der Waals surface area contributed by atoms with Gasteiger partial charge in [0.05, 0.1) is 6.07 Å². The lowest BCUT2D eigenvalue weighted by Gasteiger charge is -2.05. The van der Waals surface area contributed by atoms with Gasteiger partial charge in [0.15, 0.2) is 0 Å². The Hall–Kier alpha value is -0.550. The summed E-state index contributed by atoms with van der Waals surface area (Å²) in [6, 6.07) is 2.16. The van der Waals surface area contributed by atoms with E-state index in [-0.39, 0.29) is 5.92 Å². The molecular formula is C22H42NO. The van der Waals surface area contributed by atoms with E-state index in [1.165, 1.54) is 89.9 Å². The van der Waals surface area contributed by atoms with E-state index in [9.17, 15) is 0 Å². The highest BCUT2D eigenvalue weighted by Crippen LogP contribution is 2.13. The summed E-state index contributed by atoms with van der Waals surface area (Å²) in [6.07, 6.45) is 21.3. The van der Waals surface area contributed by atoms with Crippen molar-refractivity contribution in [3.63, 3.8) is 0 Å². The summed E-state index contributed by atoms with van der Waals surface area (Å²) in [7, 11) is 0. The number of rotatable bonds is 19. The lowest BCUT2D eigenvalue weighted by molar-refractivity contribution is 0.125. The second kappa shape index (κ2) is 20.5. The van der Waals surface area contributed by atoms with Crippen LogP contribution >= 0.6 is 0 Å². The molecular weight excluding hydrogens is 294 g/mol. The maximum absolute atomic E-state index is 8.62. The van der Waals surface area contributed by atoms with Crippen molar-refractivity contribution in [2.24, 2.45) is 5.92 Å². The molecule has 0 amide bonds. The van der Waals surface area contributed by atoms with Crippen LogP contribution in [-0.2, 0) is 4.74 Å². The average Bonchev–Trinajstić information content (AvgIpc) is 2.60. The van der Waals surface area contributed by atoms with Gasteiger partial charge < -0.3 is 4.74 Å². The first-order valence-corrected chi connectivity index (χ1v) is 10.6. The number of ether oxygens (including phenoxy) is 1. The van der Waals surface area contributed by atoms with E-state index in [1.807, 2.05) is 0 Å². The molecule has 1 radical (unpaired) electrons. The van der Waals surface area contributed by atoms with Gasteiger partial charge in [0.25, 0.3) is 0 Å². The minimum atomic E-state index is -0.0744. The molecule has 0 aliphatic heterocycles. The first-order valence-electron chi connectivity index (χ1n) is 10.6. The molecule has 0 aromatic heterocycles. The Morgan fingerprint density at radius 3 is 1.58 bits per heavy atom. The molecule has 0 aliphatic carbocycles. The highest BCUT2D eigenvalue weighted by atomic mass is 16.5. The maximum atomic E-state index is 8.62. The van der Waals surface area contributed by atoms with E-state index < -0.39 is 0 Å².